The van der Waals surface area contributed by atoms with Crippen molar-refractivity contribution < 1.29 is 48.3 Å². The van der Waals surface area contributed by atoms with E-state index >= 15 is 0 Å². The molecule has 2 aliphatic rings. The topological polar surface area (TPSA) is 213 Å². The zero-order valence-corrected chi connectivity index (χ0v) is 21.9. The number of carbonyl (C=O) groups excluding carboxylic acids is 4. The number of pyridine rings is 1. The van der Waals surface area contributed by atoms with Crippen LogP contribution in [0.5, 0.6) is 11.5 Å². The maximum atomic E-state index is 14.8. The summed E-state index contributed by atoms with van der Waals surface area (Å²) in [6.07, 6.45) is 0.391. The van der Waals surface area contributed by atoms with Crippen molar-refractivity contribution in [2.75, 3.05) is 26.2 Å². The molecule has 1 aromatic carbocycles. The first-order valence-electron chi connectivity index (χ1n) is 12.6. The van der Waals surface area contributed by atoms with E-state index in [9.17, 15) is 43.6 Å². The molecular weight excluding hydrogens is 544 g/mol. The second-order valence-corrected chi connectivity index (χ2v) is 9.67. The Hall–Kier alpha value is -4.57. The Morgan fingerprint density at radius 1 is 1.27 bits per heavy atom. The lowest BCUT2D eigenvalue weighted by Crippen LogP contribution is -2.59. The molecule has 0 spiro atoms. The SMILES string of the molecule is Cc1ccc2c(c1C(=O)O)OB(O)[C@@H](CC(=O)[C@@H](NC(=O)N1CCN(CCN)C(=O)C1=O)c1ncc(O)cc1F)C2. The van der Waals surface area contributed by atoms with Crippen LogP contribution in [0.2, 0.25) is 5.82 Å². The lowest BCUT2D eigenvalue weighted by molar-refractivity contribution is -0.153. The van der Waals surface area contributed by atoms with Crippen molar-refractivity contribution >= 4 is 36.7 Å². The number of hydrogen-bond acceptors (Lipinski definition) is 10. The molecule has 2 aromatic rings. The summed E-state index contributed by atoms with van der Waals surface area (Å²) in [5, 5.41) is 32.0. The molecule has 4 rings (SSSR count). The summed E-state index contributed by atoms with van der Waals surface area (Å²) >= 11 is 0. The molecule has 41 heavy (non-hydrogen) atoms. The number of aryl methyl sites for hydroxylation is 1. The minimum absolute atomic E-state index is 0.00243. The predicted molar refractivity (Wildman–Crippen MR) is 138 cm³/mol. The van der Waals surface area contributed by atoms with Gasteiger partial charge in [-0.2, -0.15) is 0 Å². The number of amides is 4. The standard InChI is InChI=1S/C25H27BFN5O9/c1-12-2-3-13-8-14(26(40)41-21(13)18(12)24(37)38)9-17(34)20(19-16(27)10-15(33)11-29-19)30-25(39)32-7-6-31(5-4-28)22(35)23(32)36/h2-3,10-11,14,20,33,40H,4-9,28H2,1H3,(H,30,39)(H,37,38)/t14-,20-/m1/s1. The summed E-state index contributed by atoms with van der Waals surface area (Å²) < 4.78 is 20.3. The van der Waals surface area contributed by atoms with Gasteiger partial charge in [0, 0.05) is 44.5 Å². The van der Waals surface area contributed by atoms with Gasteiger partial charge in [0.25, 0.3) is 0 Å². The highest BCUT2D eigenvalue weighted by molar-refractivity contribution is 6.47. The highest BCUT2D eigenvalue weighted by atomic mass is 19.1. The molecule has 4 amide bonds. The highest BCUT2D eigenvalue weighted by Crippen LogP contribution is 2.38. The second-order valence-electron chi connectivity index (χ2n) is 9.67. The molecule has 16 heteroatoms. The van der Waals surface area contributed by atoms with E-state index in [0.29, 0.717) is 22.1 Å². The number of ketones is 1. The number of nitrogens with zero attached hydrogens (tertiary/aromatic N) is 3. The van der Waals surface area contributed by atoms with Gasteiger partial charge in [-0.05, 0) is 24.5 Å². The minimum atomic E-state index is -1.78. The number of aromatic carboxylic acids is 1. The van der Waals surface area contributed by atoms with Crippen molar-refractivity contribution in [3.8, 4) is 11.5 Å². The van der Waals surface area contributed by atoms with E-state index in [1.165, 1.54) is 4.90 Å². The maximum absolute atomic E-state index is 14.8. The van der Waals surface area contributed by atoms with Crippen LogP contribution in [0.3, 0.4) is 0 Å². The Morgan fingerprint density at radius 3 is 2.66 bits per heavy atom. The smallest absolute Gasteiger partial charge is 0.526 e. The number of aromatic hydroxyl groups is 1. The molecule has 1 fully saturated rings. The fourth-order valence-electron chi connectivity index (χ4n) is 4.83. The maximum Gasteiger partial charge on any atom is 0.526 e. The number of piperazine rings is 1. The normalized spacial score (nSPS) is 17.6. The van der Waals surface area contributed by atoms with E-state index < -0.39 is 72.3 Å². The van der Waals surface area contributed by atoms with Gasteiger partial charge in [-0.3, -0.25) is 24.3 Å². The Labute approximate surface area is 233 Å². The fraction of sp³-hybridized carbons (Fsp3) is 0.360. The molecule has 2 aliphatic heterocycles. The summed E-state index contributed by atoms with van der Waals surface area (Å²) in [6, 6.07) is 0.907. The first-order chi connectivity index (χ1) is 19.4. The van der Waals surface area contributed by atoms with Gasteiger partial charge in [-0.25, -0.2) is 14.0 Å². The van der Waals surface area contributed by atoms with Gasteiger partial charge in [0.2, 0.25) is 0 Å². The van der Waals surface area contributed by atoms with Crippen LogP contribution < -0.4 is 15.7 Å². The van der Waals surface area contributed by atoms with Crippen LogP contribution >= 0.6 is 0 Å². The summed E-state index contributed by atoms with van der Waals surface area (Å²) in [6.45, 7) is 1.57. The Morgan fingerprint density at radius 2 is 2.00 bits per heavy atom. The Kier molecular flexibility index (Phi) is 8.53. The number of imide groups is 1. The summed E-state index contributed by atoms with van der Waals surface area (Å²) in [5.41, 5.74) is 5.57. The van der Waals surface area contributed by atoms with E-state index in [2.05, 4.69) is 10.3 Å². The number of carboxylic acid groups (broad SMARTS) is 1. The van der Waals surface area contributed by atoms with Crippen LogP contribution in [0.4, 0.5) is 9.18 Å². The van der Waals surface area contributed by atoms with E-state index in [1.807, 2.05) is 0 Å². The zero-order valence-electron chi connectivity index (χ0n) is 21.9. The van der Waals surface area contributed by atoms with Crippen molar-refractivity contribution in [1.29, 1.82) is 0 Å². The Bertz CT molecular complexity index is 1420. The first-order valence-corrected chi connectivity index (χ1v) is 12.6. The molecule has 3 heterocycles. The van der Waals surface area contributed by atoms with Gasteiger partial charge in [0.05, 0.1) is 6.20 Å². The van der Waals surface area contributed by atoms with Crippen molar-refractivity contribution in [2.24, 2.45) is 5.73 Å². The van der Waals surface area contributed by atoms with Crippen molar-refractivity contribution in [2.45, 2.75) is 31.6 Å². The highest BCUT2D eigenvalue weighted by Gasteiger charge is 2.42. The minimum Gasteiger partial charge on any atom is -0.535 e. The molecule has 6 N–H and O–H groups in total. The van der Waals surface area contributed by atoms with E-state index in [4.69, 9.17) is 10.4 Å². The van der Waals surface area contributed by atoms with Gasteiger partial charge in [-0.1, -0.05) is 12.1 Å². The summed E-state index contributed by atoms with van der Waals surface area (Å²) in [5.74, 6) is -6.85. The van der Waals surface area contributed by atoms with Gasteiger partial charge < -0.3 is 35.8 Å². The molecule has 1 aromatic heterocycles. The number of Topliss-reactive ketones (excluding diaryl/α,β-unsaturated/α-hetero) is 1. The fourth-order valence-corrected chi connectivity index (χ4v) is 4.83. The Balaban J connectivity index is 1.58. The number of nitrogens with one attached hydrogen (secondary N) is 1. The molecule has 0 unspecified atom stereocenters. The van der Waals surface area contributed by atoms with Crippen LogP contribution in [0, 0.1) is 12.7 Å². The number of nitrogens with two attached hydrogens (primary N) is 1. The molecule has 1 saturated heterocycles. The van der Waals surface area contributed by atoms with Crippen molar-refractivity contribution in [3.05, 3.63) is 52.6 Å². The van der Waals surface area contributed by atoms with E-state index in [1.54, 1.807) is 19.1 Å². The lowest BCUT2D eigenvalue weighted by Gasteiger charge is -2.33. The van der Waals surface area contributed by atoms with Crippen LogP contribution in [0.25, 0.3) is 0 Å². The number of rotatable bonds is 8. The van der Waals surface area contributed by atoms with Crippen LogP contribution in [0.15, 0.2) is 24.4 Å². The van der Waals surface area contributed by atoms with Gasteiger partial charge in [-0.15, -0.1) is 0 Å². The number of fused-ring (bicyclic) bond motifs is 1. The monoisotopic (exact) mass is 571 g/mol. The second kappa shape index (κ2) is 11.9. The number of carbonyl (C=O) groups is 5. The third kappa shape index (κ3) is 5.97. The van der Waals surface area contributed by atoms with E-state index in [-0.39, 0.29) is 43.9 Å². The van der Waals surface area contributed by atoms with Crippen LogP contribution in [0.1, 0.15) is 39.6 Å². The molecule has 14 nitrogen and oxygen atoms in total. The van der Waals surface area contributed by atoms with Crippen molar-refractivity contribution in [3.63, 3.8) is 0 Å². The summed E-state index contributed by atoms with van der Waals surface area (Å²) in [4.78, 5) is 68.7. The summed E-state index contributed by atoms with van der Waals surface area (Å²) in [7, 11) is -1.62. The number of hydrogen-bond donors (Lipinski definition) is 5. The molecule has 0 radical (unpaired) electrons. The number of carboxylic acids is 1. The predicted octanol–water partition coefficient (Wildman–Crippen LogP) is -0.242. The van der Waals surface area contributed by atoms with Gasteiger partial charge in [0.15, 0.2) is 11.6 Å². The van der Waals surface area contributed by atoms with Gasteiger partial charge in [0.1, 0.15) is 28.8 Å². The molecule has 0 aliphatic carbocycles. The van der Waals surface area contributed by atoms with Crippen LogP contribution in [-0.4, -0.2) is 92.9 Å². The van der Waals surface area contributed by atoms with Gasteiger partial charge >= 0.3 is 30.9 Å². The largest absolute Gasteiger partial charge is 0.535 e. The van der Waals surface area contributed by atoms with Crippen molar-refractivity contribution in [1.82, 2.24) is 20.1 Å². The number of halogens is 1. The average molecular weight is 571 g/mol. The van der Waals surface area contributed by atoms with Crippen LogP contribution in [-0.2, 0) is 20.8 Å². The molecule has 2 atom stereocenters. The number of benzene rings is 1. The molecular formula is C25H27BFN5O9. The number of aromatic nitrogens is 1. The molecule has 0 bridgehead atoms. The third-order valence-corrected chi connectivity index (χ3v) is 6.92. The number of urea groups is 1. The zero-order chi connectivity index (χ0) is 30.0. The quantitative estimate of drug-likeness (QED) is 0.206. The third-order valence-electron chi connectivity index (χ3n) is 6.92. The molecule has 0 saturated carbocycles. The lowest BCUT2D eigenvalue weighted by atomic mass is 9.64. The van der Waals surface area contributed by atoms with E-state index in [0.717, 1.165) is 6.20 Å². The molecule has 216 valence electrons. The average Bonchev–Trinajstić information content (AvgIpc) is 2.90. The first kappa shape index (κ1) is 29.4.